The molecule has 0 spiro atoms. The quantitative estimate of drug-likeness (QED) is 0.152. The molecule has 0 aliphatic heterocycles. The molecular formula is C24H44N2. The van der Waals surface area contributed by atoms with Gasteiger partial charge in [0.15, 0.2) is 0 Å². The topological polar surface area (TPSA) is 8.72 Å². The highest BCUT2D eigenvalue weighted by Gasteiger charge is 2.11. The molecule has 0 heterocycles. The van der Waals surface area contributed by atoms with Crippen LogP contribution in [0.15, 0.2) is 0 Å². The fourth-order valence-corrected chi connectivity index (χ4v) is 3.60. The minimum atomic E-state index is 0.293. The van der Waals surface area contributed by atoms with Gasteiger partial charge in [0.05, 0.1) is 0 Å². The normalized spacial score (nSPS) is 11.8. The molecule has 0 aliphatic rings. The third kappa shape index (κ3) is 19.3. The second-order valence-electron chi connectivity index (χ2n) is 7.90. The van der Waals surface area contributed by atoms with Crippen LogP contribution in [0.4, 0.5) is 0 Å². The Morgan fingerprint density at radius 1 is 0.538 bits per heavy atom. The van der Waals surface area contributed by atoms with Gasteiger partial charge < -0.3 is 9.69 Å². The minimum Gasteiger partial charge on any atom is -0.317 e. The molecule has 2 heteroatoms. The maximum Gasteiger partial charge on any atom is 0.223 e. The Kier molecular flexibility index (Phi) is 21.2. The third-order valence-electron chi connectivity index (χ3n) is 5.38. The van der Waals surface area contributed by atoms with Crippen LogP contribution in [0.25, 0.3) is 9.69 Å². The molecule has 0 aromatic rings. The lowest BCUT2D eigenvalue weighted by atomic mass is 10.00. The Morgan fingerprint density at radius 2 is 0.923 bits per heavy atom. The van der Waals surface area contributed by atoms with E-state index in [2.05, 4.69) is 16.6 Å². The summed E-state index contributed by atoms with van der Waals surface area (Å²) in [6.45, 7) is 17.1. The number of hydrogen-bond donors (Lipinski definition) is 0. The van der Waals surface area contributed by atoms with E-state index in [-0.39, 0.29) is 0 Å². The van der Waals surface area contributed by atoms with Gasteiger partial charge in [0, 0.05) is 19.3 Å². The molecule has 0 rings (SSSR count). The summed E-state index contributed by atoms with van der Waals surface area (Å²) in [6.07, 6.45) is 24.7. The molecule has 1 atom stereocenters. The highest BCUT2D eigenvalue weighted by atomic mass is 14.7. The van der Waals surface area contributed by atoms with Crippen molar-refractivity contribution in [3.63, 3.8) is 0 Å². The van der Waals surface area contributed by atoms with Gasteiger partial charge in [0.1, 0.15) is 0 Å². The van der Waals surface area contributed by atoms with Gasteiger partial charge in [-0.15, -0.1) is 0 Å². The van der Waals surface area contributed by atoms with Gasteiger partial charge in [-0.25, -0.2) is 13.1 Å². The fraction of sp³-hybridized carbons (Fsp3) is 0.917. The zero-order chi connectivity index (χ0) is 19.1. The summed E-state index contributed by atoms with van der Waals surface area (Å²) in [5, 5.41) is 0. The standard InChI is InChI=1S/C24H44N2/c1-4-5-6-7-12-15-18-21-24(26-3)22-19-16-13-10-8-9-11-14-17-20-23-25-2/h24H,4-23H2,1H3. The molecule has 0 aromatic heterocycles. The molecule has 26 heavy (non-hydrogen) atoms. The van der Waals surface area contributed by atoms with E-state index in [1.165, 1.54) is 103 Å². The van der Waals surface area contributed by atoms with Crippen molar-refractivity contribution in [3.8, 4) is 0 Å². The van der Waals surface area contributed by atoms with Gasteiger partial charge in [0.25, 0.3) is 0 Å². The smallest absolute Gasteiger partial charge is 0.223 e. The molecule has 0 bridgehead atoms. The molecule has 150 valence electrons. The summed E-state index contributed by atoms with van der Waals surface area (Å²) < 4.78 is 0. The van der Waals surface area contributed by atoms with E-state index in [1.54, 1.807) is 0 Å². The van der Waals surface area contributed by atoms with Gasteiger partial charge in [0.2, 0.25) is 12.6 Å². The lowest BCUT2D eigenvalue weighted by Crippen LogP contribution is -2.01. The Labute approximate surface area is 164 Å². The average Bonchev–Trinajstić information content (AvgIpc) is 2.66. The maximum absolute atomic E-state index is 7.39. The predicted molar refractivity (Wildman–Crippen MR) is 115 cm³/mol. The molecule has 2 nitrogen and oxygen atoms in total. The van der Waals surface area contributed by atoms with Crippen molar-refractivity contribution >= 4 is 0 Å². The number of rotatable bonds is 20. The molecule has 0 amide bonds. The van der Waals surface area contributed by atoms with Gasteiger partial charge in [-0.3, -0.25) is 0 Å². The van der Waals surface area contributed by atoms with Gasteiger partial charge in [-0.05, 0) is 19.3 Å². The monoisotopic (exact) mass is 360 g/mol. The van der Waals surface area contributed by atoms with E-state index in [9.17, 15) is 0 Å². The highest BCUT2D eigenvalue weighted by Crippen LogP contribution is 2.17. The van der Waals surface area contributed by atoms with Crippen LogP contribution in [0.3, 0.4) is 0 Å². The first-order valence-electron chi connectivity index (χ1n) is 11.5. The first-order valence-corrected chi connectivity index (χ1v) is 11.5. The van der Waals surface area contributed by atoms with Crippen LogP contribution in [0.2, 0.25) is 0 Å². The van der Waals surface area contributed by atoms with E-state index < -0.39 is 0 Å². The van der Waals surface area contributed by atoms with Crippen molar-refractivity contribution < 1.29 is 0 Å². The van der Waals surface area contributed by atoms with Crippen LogP contribution < -0.4 is 0 Å². The lowest BCUT2D eigenvalue weighted by Gasteiger charge is -2.06. The molecule has 0 aromatic carbocycles. The Balaban J connectivity index is 3.29. The van der Waals surface area contributed by atoms with E-state index in [4.69, 9.17) is 13.1 Å². The van der Waals surface area contributed by atoms with Crippen molar-refractivity contribution in [2.45, 2.75) is 135 Å². The third-order valence-corrected chi connectivity index (χ3v) is 5.38. The van der Waals surface area contributed by atoms with Crippen LogP contribution >= 0.6 is 0 Å². The van der Waals surface area contributed by atoms with Crippen LogP contribution in [-0.4, -0.2) is 12.6 Å². The molecule has 0 saturated carbocycles. The van der Waals surface area contributed by atoms with Crippen molar-refractivity contribution in [1.82, 2.24) is 0 Å². The predicted octanol–water partition coefficient (Wildman–Crippen LogP) is 8.63. The van der Waals surface area contributed by atoms with Crippen LogP contribution in [0.1, 0.15) is 129 Å². The molecule has 0 fully saturated rings. The fourth-order valence-electron chi connectivity index (χ4n) is 3.60. The first kappa shape index (κ1) is 25.0. The SMILES string of the molecule is [C-]#[N+]CCCCCCCCCCCCC(CCCCCCCCC)[N+]#[C-]. The van der Waals surface area contributed by atoms with Gasteiger partial charge in [-0.1, -0.05) is 90.4 Å². The van der Waals surface area contributed by atoms with Gasteiger partial charge in [-0.2, -0.15) is 0 Å². The summed E-state index contributed by atoms with van der Waals surface area (Å²) in [6, 6.07) is 0.293. The van der Waals surface area contributed by atoms with Crippen LogP contribution in [-0.2, 0) is 0 Å². The second kappa shape index (κ2) is 22.0. The maximum atomic E-state index is 7.39. The number of unbranched alkanes of at least 4 members (excludes halogenated alkanes) is 15. The van der Waals surface area contributed by atoms with E-state index in [0.717, 1.165) is 19.3 Å². The Bertz CT molecular complexity index is 350. The summed E-state index contributed by atoms with van der Waals surface area (Å²) >= 11 is 0. The van der Waals surface area contributed by atoms with Crippen molar-refractivity contribution in [1.29, 1.82) is 0 Å². The summed E-state index contributed by atoms with van der Waals surface area (Å²) in [5.41, 5.74) is 0. The largest absolute Gasteiger partial charge is 0.317 e. The zero-order valence-corrected chi connectivity index (χ0v) is 17.6. The molecular weight excluding hydrogens is 316 g/mol. The molecule has 0 radical (unpaired) electrons. The Morgan fingerprint density at radius 3 is 1.31 bits per heavy atom. The Hall–Kier alpha value is -1.02. The van der Waals surface area contributed by atoms with Crippen molar-refractivity contribution in [3.05, 3.63) is 22.8 Å². The highest BCUT2D eigenvalue weighted by molar-refractivity contribution is 4.78. The summed E-state index contributed by atoms with van der Waals surface area (Å²) in [7, 11) is 0. The van der Waals surface area contributed by atoms with Crippen molar-refractivity contribution in [2.75, 3.05) is 6.54 Å². The molecule has 1 unspecified atom stereocenters. The van der Waals surface area contributed by atoms with E-state index in [0.29, 0.717) is 12.6 Å². The molecule has 0 saturated heterocycles. The van der Waals surface area contributed by atoms with Crippen LogP contribution in [0, 0.1) is 13.1 Å². The van der Waals surface area contributed by atoms with Gasteiger partial charge >= 0.3 is 0 Å². The lowest BCUT2D eigenvalue weighted by molar-refractivity contribution is 0.509. The first-order chi connectivity index (χ1) is 12.8. The summed E-state index contributed by atoms with van der Waals surface area (Å²) in [4.78, 5) is 7.25. The number of hydrogen-bond acceptors (Lipinski definition) is 0. The van der Waals surface area contributed by atoms with Crippen LogP contribution in [0.5, 0.6) is 0 Å². The molecule has 0 N–H and O–H groups in total. The van der Waals surface area contributed by atoms with E-state index >= 15 is 0 Å². The average molecular weight is 361 g/mol. The minimum absolute atomic E-state index is 0.293. The van der Waals surface area contributed by atoms with E-state index in [1.807, 2.05) is 0 Å². The molecule has 0 aliphatic carbocycles. The number of nitrogens with zero attached hydrogens (tertiary/aromatic N) is 2. The zero-order valence-electron chi connectivity index (χ0n) is 17.6. The summed E-state index contributed by atoms with van der Waals surface area (Å²) in [5.74, 6) is 0. The van der Waals surface area contributed by atoms with Crippen molar-refractivity contribution in [2.24, 2.45) is 0 Å². The second-order valence-corrected chi connectivity index (χ2v) is 7.90.